The number of nitrogens with one attached hydrogen (secondary N) is 1. The summed E-state index contributed by atoms with van der Waals surface area (Å²) in [4.78, 5) is 16.3. The van der Waals surface area contributed by atoms with Gasteiger partial charge >= 0.3 is 0 Å². The van der Waals surface area contributed by atoms with Crippen LogP contribution in [0.2, 0.25) is 0 Å². The maximum Gasteiger partial charge on any atom is 0.229 e. The number of nitrogens with zero attached hydrogens (tertiary/aromatic N) is 3. The predicted molar refractivity (Wildman–Crippen MR) is 85.4 cm³/mol. The fourth-order valence-corrected chi connectivity index (χ4v) is 2.86. The van der Waals surface area contributed by atoms with Crippen molar-refractivity contribution >= 4 is 11.9 Å². The van der Waals surface area contributed by atoms with Gasteiger partial charge in [-0.3, -0.25) is 4.79 Å². The molecule has 0 fully saturated rings. The fourth-order valence-electron chi connectivity index (χ4n) is 2.86. The van der Waals surface area contributed by atoms with Crippen molar-refractivity contribution in [1.82, 2.24) is 14.8 Å². The van der Waals surface area contributed by atoms with E-state index in [9.17, 15) is 9.18 Å². The van der Waals surface area contributed by atoms with Gasteiger partial charge in [0.15, 0.2) is 5.82 Å². The molecular formula is C16H18FN5O2. The van der Waals surface area contributed by atoms with Crippen molar-refractivity contribution in [2.75, 3.05) is 11.9 Å². The van der Waals surface area contributed by atoms with E-state index in [0.29, 0.717) is 35.9 Å². The Bertz CT molecular complexity index is 771. The normalized spacial score (nSPS) is 19.7. The maximum absolute atomic E-state index is 13.2. The molecule has 1 aliphatic heterocycles. The second-order valence-corrected chi connectivity index (χ2v) is 5.65. The van der Waals surface area contributed by atoms with Crippen molar-refractivity contribution in [2.45, 2.75) is 18.9 Å². The lowest BCUT2D eigenvalue weighted by Gasteiger charge is -2.32. The van der Waals surface area contributed by atoms with Crippen LogP contribution in [0.1, 0.15) is 23.9 Å². The zero-order valence-corrected chi connectivity index (χ0v) is 12.9. The summed E-state index contributed by atoms with van der Waals surface area (Å²) in [6.45, 7) is 3.91. The molecule has 1 aliphatic rings. The summed E-state index contributed by atoms with van der Waals surface area (Å²) in [5.74, 6) is -0.684. The van der Waals surface area contributed by atoms with Crippen LogP contribution >= 0.6 is 0 Å². The smallest absolute Gasteiger partial charge is 0.229 e. The van der Waals surface area contributed by atoms with Crippen molar-refractivity contribution in [1.29, 1.82) is 0 Å². The minimum Gasteiger partial charge on any atom is -0.396 e. The highest BCUT2D eigenvalue weighted by molar-refractivity contribution is 5.82. The molecule has 0 aliphatic carbocycles. The molecule has 7 nitrogen and oxygen atoms in total. The first-order valence-corrected chi connectivity index (χ1v) is 7.58. The number of aliphatic hydroxyl groups is 1. The number of halogens is 1. The average Bonchev–Trinajstić information content (AvgIpc) is 2.94. The molecule has 0 saturated carbocycles. The van der Waals surface area contributed by atoms with Gasteiger partial charge in [-0.05, 0) is 24.1 Å². The van der Waals surface area contributed by atoms with E-state index in [-0.39, 0.29) is 12.4 Å². The standard InChI is InChI=1S/C16H18FN5O2/c1-9-13(15(18)24)14(10-4-6-11(17)7-5-10)22-16(19-9)20-12(21-22)3-2-8-23/h4-7,13-14,23H,1-3,8H2,(H2,18,24)(H,19,20,21)/t13-,14+/m0/s1. The Morgan fingerprint density at radius 2 is 2.12 bits per heavy atom. The van der Waals surface area contributed by atoms with Gasteiger partial charge in [-0.25, -0.2) is 9.07 Å². The van der Waals surface area contributed by atoms with Crippen LogP contribution in [0.3, 0.4) is 0 Å². The Labute approximate surface area is 138 Å². The lowest BCUT2D eigenvalue weighted by atomic mass is 9.89. The lowest BCUT2D eigenvalue weighted by Crippen LogP contribution is -2.40. The highest BCUT2D eigenvalue weighted by atomic mass is 19.1. The number of hydrogen-bond acceptors (Lipinski definition) is 5. The molecule has 24 heavy (non-hydrogen) atoms. The van der Waals surface area contributed by atoms with E-state index in [1.165, 1.54) is 12.1 Å². The first kappa shape index (κ1) is 16.1. The van der Waals surface area contributed by atoms with E-state index < -0.39 is 17.9 Å². The first-order chi connectivity index (χ1) is 11.5. The number of amides is 1. The Balaban J connectivity index is 2.07. The van der Waals surface area contributed by atoms with E-state index in [0.717, 1.165) is 0 Å². The molecule has 0 saturated heterocycles. The summed E-state index contributed by atoms with van der Waals surface area (Å²) in [5, 5.41) is 16.3. The summed E-state index contributed by atoms with van der Waals surface area (Å²) in [5.41, 5.74) is 6.66. The Morgan fingerprint density at radius 3 is 2.75 bits per heavy atom. The van der Waals surface area contributed by atoms with Crippen LogP contribution in [-0.4, -0.2) is 32.4 Å². The minimum atomic E-state index is -0.740. The number of carbonyl (C=O) groups excluding carboxylic acids is 1. The molecule has 4 N–H and O–H groups in total. The average molecular weight is 331 g/mol. The van der Waals surface area contributed by atoms with Gasteiger partial charge in [0.1, 0.15) is 11.7 Å². The number of aliphatic hydroxyl groups excluding tert-OH is 1. The second kappa shape index (κ2) is 6.40. The van der Waals surface area contributed by atoms with Gasteiger partial charge in [0.05, 0.1) is 6.04 Å². The van der Waals surface area contributed by atoms with Crippen molar-refractivity contribution in [3.05, 3.63) is 53.7 Å². The third-order valence-corrected chi connectivity index (χ3v) is 3.98. The Morgan fingerprint density at radius 1 is 1.42 bits per heavy atom. The molecule has 2 aromatic rings. The van der Waals surface area contributed by atoms with Crippen LogP contribution in [0.15, 0.2) is 36.5 Å². The van der Waals surface area contributed by atoms with E-state index >= 15 is 0 Å². The quantitative estimate of drug-likeness (QED) is 0.757. The van der Waals surface area contributed by atoms with Crippen LogP contribution in [0.5, 0.6) is 0 Å². The van der Waals surface area contributed by atoms with Crippen LogP contribution in [0.25, 0.3) is 0 Å². The molecule has 3 rings (SSSR count). The van der Waals surface area contributed by atoms with Crippen LogP contribution < -0.4 is 11.1 Å². The molecule has 1 aromatic heterocycles. The number of hydrogen-bond donors (Lipinski definition) is 3. The number of aryl methyl sites for hydroxylation is 1. The fraction of sp³-hybridized carbons (Fsp3) is 0.312. The number of benzene rings is 1. The van der Waals surface area contributed by atoms with E-state index in [4.69, 9.17) is 10.8 Å². The largest absolute Gasteiger partial charge is 0.396 e. The molecule has 0 spiro atoms. The zero-order chi connectivity index (χ0) is 17.3. The molecule has 2 atom stereocenters. The molecule has 1 amide bonds. The zero-order valence-electron chi connectivity index (χ0n) is 12.9. The Kier molecular flexibility index (Phi) is 4.30. The van der Waals surface area contributed by atoms with E-state index in [1.807, 2.05) is 0 Å². The summed E-state index contributed by atoms with van der Waals surface area (Å²) < 4.78 is 14.8. The van der Waals surface area contributed by atoms with Gasteiger partial charge < -0.3 is 16.2 Å². The lowest BCUT2D eigenvalue weighted by molar-refractivity contribution is -0.121. The third kappa shape index (κ3) is 2.88. The summed E-state index contributed by atoms with van der Waals surface area (Å²) in [6.07, 6.45) is 1.03. The van der Waals surface area contributed by atoms with Gasteiger partial charge in [0.2, 0.25) is 11.9 Å². The van der Waals surface area contributed by atoms with Gasteiger partial charge in [-0.15, -0.1) is 0 Å². The van der Waals surface area contributed by atoms with E-state index in [1.54, 1.807) is 16.8 Å². The number of nitrogens with two attached hydrogens (primary N) is 1. The third-order valence-electron chi connectivity index (χ3n) is 3.98. The Hall–Kier alpha value is -2.74. The summed E-state index contributed by atoms with van der Waals surface area (Å²) >= 11 is 0. The van der Waals surface area contributed by atoms with Gasteiger partial charge in [-0.1, -0.05) is 18.7 Å². The monoisotopic (exact) mass is 331 g/mol. The van der Waals surface area contributed by atoms with Gasteiger partial charge in [0, 0.05) is 18.7 Å². The number of anilines is 1. The number of fused-ring (bicyclic) bond motifs is 1. The topological polar surface area (TPSA) is 106 Å². The summed E-state index contributed by atoms with van der Waals surface area (Å²) in [6, 6.07) is 5.27. The minimum absolute atomic E-state index is 0.0370. The van der Waals surface area contributed by atoms with Crippen molar-refractivity contribution in [3.63, 3.8) is 0 Å². The molecule has 8 heteroatoms. The molecule has 0 radical (unpaired) electrons. The molecule has 126 valence electrons. The highest BCUT2D eigenvalue weighted by Crippen LogP contribution is 2.37. The van der Waals surface area contributed by atoms with Crippen molar-refractivity contribution in [3.8, 4) is 0 Å². The molecule has 2 heterocycles. The first-order valence-electron chi connectivity index (χ1n) is 7.58. The van der Waals surface area contributed by atoms with Crippen LogP contribution in [-0.2, 0) is 11.2 Å². The predicted octanol–water partition coefficient (Wildman–Crippen LogP) is 0.972. The maximum atomic E-state index is 13.2. The molecule has 0 unspecified atom stereocenters. The molecule has 0 bridgehead atoms. The van der Waals surface area contributed by atoms with Crippen molar-refractivity contribution < 1.29 is 14.3 Å². The van der Waals surface area contributed by atoms with Crippen LogP contribution in [0, 0.1) is 11.7 Å². The van der Waals surface area contributed by atoms with Gasteiger partial charge in [0.25, 0.3) is 0 Å². The number of primary amides is 1. The number of rotatable bonds is 5. The number of aromatic nitrogens is 3. The van der Waals surface area contributed by atoms with E-state index in [2.05, 4.69) is 22.0 Å². The van der Waals surface area contributed by atoms with Crippen molar-refractivity contribution in [2.24, 2.45) is 11.7 Å². The highest BCUT2D eigenvalue weighted by Gasteiger charge is 2.38. The molecule has 1 aromatic carbocycles. The number of carbonyl (C=O) groups is 1. The summed E-state index contributed by atoms with van der Waals surface area (Å²) in [7, 11) is 0. The molecular weight excluding hydrogens is 313 g/mol. The van der Waals surface area contributed by atoms with Crippen LogP contribution in [0.4, 0.5) is 10.3 Å². The SMILES string of the molecule is C=C1Nc2nc(CCCO)nn2[C@H](c2ccc(F)cc2)[C@H]1C(N)=O. The van der Waals surface area contributed by atoms with Gasteiger partial charge in [-0.2, -0.15) is 10.1 Å². The second-order valence-electron chi connectivity index (χ2n) is 5.65.